The summed E-state index contributed by atoms with van der Waals surface area (Å²) in [7, 11) is 1.77. The first-order valence-corrected chi connectivity index (χ1v) is 24.6. The van der Waals surface area contributed by atoms with Gasteiger partial charge in [0.05, 0.1) is 5.52 Å². The van der Waals surface area contributed by atoms with Gasteiger partial charge in [0.1, 0.15) is 11.6 Å². The molecule has 5 amide bonds. The summed E-state index contributed by atoms with van der Waals surface area (Å²) in [6, 6.07) is 22.2. The highest BCUT2D eigenvalue weighted by atomic mass is 19.1. The van der Waals surface area contributed by atoms with Crippen LogP contribution in [0.2, 0.25) is 0 Å². The van der Waals surface area contributed by atoms with Crippen molar-refractivity contribution in [2.75, 3.05) is 57.3 Å². The smallest absolute Gasteiger partial charge is 0.329 e. The number of hydrogen-bond donors (Lipinski definition) is 2. The molecular weight excluding hydrogens is 863 g/mol. The number of unbranched alkanes of at least 4 members (excludes halogenated alkanes) is 1. The first-order valence-electron chi connectivity index (χ1n) is 24.6. The van der Waals surface area contributed by atoms with E-state index < -0.39 is 6.03 Å². The topological polar surface area (TPSA) is 123 Å². The van der Waals surface area contributed by atoms with Crippen molar-refractivity contribution in [1.29, 1.82) is 0 Å². The molecule has 4 aliphatic heterocycles. The lowest BCUT2D eigenvalue weighted by Gasteiger charge is -2.36. The summed E-state index contributed by atoms with van der Waals surface area (Å²) in [5, 5.41) is 12.7. The fourth-order valence-corrected chi connectivity index (χ4v) is 10.8. The summed E-state index contributed by atoms with van der Waals surface area (Å²) < 4.78 is 30.9. The summed E-state index contributed by atoms with van der Waals surface area (Å²) >= 11 is 0. The highest BCUT2D eigenvalue weighted by Gasteiger charge is 2.32. The van der Waals surface area contributed by atoms with Gasteiger partial charge in [-0.05, 0) is 155 Å². The van der Waals surface area contributed by atoms with Gasteiger partial charge in [-0.2, -0.15) is 5.10 Å². The number of nitrogens with one attached hydrogen (secondary N) is 2. The highest BCUT2D eigenvalue weighted by Crippen LogP contribution is 2.37. The molecule has 2 N–H and O–H groups in total. The van der Waals surface area contributed by atoms with Crippen LogP contribution >= 0.6 is 0 Å². The molecule has 4 fully saturated rings. The molecule has 9 rings (SSSR count). The number of halogens is 2. The van der Waals surface area contributed by atoms with E-state index in [0.29, 0.717) is 61.6 Å². The molecular formula is C54H62F2N8O4. The number of urea groups is 1. The van der Waals surface area contributed by atoms with Crippen molar-refractivity contribution in [3.63, 3.8) is 0 Å². The number of aryl methyl sites for hydroxylation is 1. The van der Waals surface area contributed by atoms with Gasteiger partial charge in [0.2, 0.25) is 17.7 Å². The number of nitrogens with zero attached hydrogens (tertiary/aromatic N) is 6. The Hall–Kier alpha value is -6.17. The van der Waals surface area contributed by atoms with E-state index >= 15 is 4.39 Å². The van der Waals surface area contributed by atoms with Gasteiger partial charge in [-0.25, -0.2) is 13.6 Å². The number of rotatable bonds is 12. The van der Waals surface area contributed by atoms with E-state index in [2.05, 4.69) is 80.7 Å². The zero-order chi connectivity index (χ0) is 47.3. The number of aromatic nitrogens is 2. The van der Waals surface area contributed by atoms with Gasteiger partial charge < -0.3 is 15.1 Å². The third-order valence-electron chi connectivity index (χ3n) is 14.9. The number of hydrogen-bond acceptors (Lipinski definition) is 7. The Morgan fingerprint density at radius 1 is 0.838 bits per heavy atom. The van der Waals surface area contributed by atoms with Gasteiger partial charge in [-0.1, -0.05) is 54.3 Å². The molecule has 1 atom stereocenters. The minimum Gasteiger partial charge on any atom is -0.352 e. The van der Waals surface area contributed by atoms with Crippen molar-refractivity contribution in [3.8, 4) is 11.8 Å². The van der Waals surface area contributed by atoms with Crippen LogP contribution in [0.25, 0.3) is 21.7 Å². The number of likely N-dealkylation sites (tertiary alicyclic amines) is 3. The van der Waals surface area contributed by atoms with E-state index in [0.717, 1.165) is 87.9 Å². The zero-order valence-electron chi connectivity index (χ0n) is 39.2. The lowest BCUT2D eigenvalue weighted by atomic mass is 9.88. The van der Waals surface area contributed by atoms with Crippen molar-refractivity contribution in [1.82, 2.24) is 35.1 Å². The Bertz CT molecular complexity index is 2740. The maximum Gasteiger partial charge on any atom is 0.329 e. The van der Waals surface area contributed by atoms with Crippen LogP contribution in [0.15, 0.2) is 72.8 Å². The number of imide groups is 1. The molecule has 5 heterocycles. The van der Waals surface area contributed by atoms with Crippen molar-refractivity contribution in [3.05, 3.63) is 107 Å². The van der Waals surface area contributed by atoms with Crippen LogP contribution in [0.5, 0.6) is 0 Å². The molecule has 68 heavy (non-hydrogen) atoms. The Labute approximate surface area is 397 Å². The molecule has 14 heteroatoms. The van der Waals surface area contributed by atoms with Crippen molar-refractivity contribution in [2.45, 2.75) is 89.6 Å². The molecule has 0 radical (unpaired) electrons. The van der Waals surface area contributed by atoms with E-state index in [4.69, 9.17) is 0 Å². The molecule has 4 aliphatic rings. The maximum atomic E-state index is 15.7. The van der Waals surface area contributed by atoms with Crippen LogP contribution < -0.4 is 15.5 Å². The predicted molar refractivity (Wildman–Crippen MR) is 260 cm³/mol. The van der Waals surface area contributed by atoms with Crippen LogP contribution in [0, 0.1) is 35.3 Å². The summed E-state index contributed by atoms with van der Waals surface area (Å²) in [5.41, 5.74) is 4.42. The predicted octanol–water partition coefficient (Wildman–Crippen LogP) is 8.18. The lowest BCUT2D eigenvalue weighted by molar-refractivity contribution is -0.132. The quantitative estimate of drug-likeness (QED) is 0.0957. The van der Waals surface area contributed by atoms with Crippen molar-refractivity contribution in [2.24, 2.45) is 18.9 Å². The van der Waals surface area contributed by atoms with Gasteiger partial charge in [-0.15, -0.1) is 0 Å². The maximum absolute atomic E-state index is 15.7. The largest absolute Gasteiger partial charge is 0.352 e. The number of carbonyl (C=O) groups excluding carboxylic acids is 4. The molecule has 0 spiro atoms. The minimum absolute atomic E-state index is 0.0229. The summed E-state index contributed by atoms with van der Waals surface area (Å²) in [4.78, 5) is 58.6. The van der Waals surface area contributed by atoms with Crippen LogP contribution in [-0.2, 0) is 28.0 Å². The highest BCUT2D eigenvalue weighted by molar-refractivity contribution is 6.09. The van der Waals surface area contributed by atoms with Gasteiger partial charge in [0.15, 0.2) is 5.82 Å². The third-order valence-corrected chi connectivity index (χ3v) is 14.9. The number of fused-ring (bicyclic) bond motifs is 2. The van der Waals surface area contributed by atoms with Crippen LogP contribution in [0.4, 0.5) is 19.4 Å². The SMILES string of the molecule is CC(c1ccc(C#CC2CCN(CCCCC(=O)N3CCC(c4cc5c(cc4F)c(N4CCC(=O)NC4=O)nn5C)CC3)CC2)c2ccccc12)N1CCC(C(=O)NCc2cccc(F)c2)CC1. The Morgan fingerprint density at radius 3 is 2.35 bits per heavy atom. The molecule has 5 aromatic rings. The Balaban J connectivity index is 0.696. The molecule has 0 saturated carbocycles. The first kappa shape index (κ1) is 46.9. The molecule has 0 aliphatic carbocycles. The van der Waals surface area contributed by atoms with E-state index in [1.54, 1.807) is 17.8 Å². The number of carbonyl (C=O) groups is 4. The minimum atomic E-state index is -0.554. The van der Waals surface area contributed by atoms with Crippen molar-refractivity contribution < 1.29 is 28.0 Å². The molecule has 0 bridgehead atoms. The number of amides is 5. The number of piperidine rings is 3. The van der Waals surface area contributed by atoms with Gasteiger partial charge in [0, 0.05) is 74.9 Å². The summed E-state index contributed by atoms with van der Waals surface area (Å²) in [6.07, 6.45) is 7.48. The summed E-state index contributed by atoms with van der Waals surface area (Å²) in [5.74, 6) is 7.02. The average molecular weight is 925 g/mol. The molecule has 356 valence electrons. The second-order valence-corrected chi connectivity index (χ2v) is 19.2. The van der Waals surface area contributed by atoms with Gasteiger partial charge in [-0.3, -0.25) is 34.2 Å². The van der Waals surface area contributed by atoms with Crippen LogP contribution in [-0.4, -0.2) is 101 Å². The zero-order valence-corrected chi connectivity index (χ0v) is 39.2. The van der Waals surface area contributed by atoms with Crippen molar-refractivity contribution >= 4 is 51.2 Å². The summed E-state index contributed by atoms with van der Waals surface area (Å²) in [6.45, 7) is 8.62. The standard InChI is InChI=1S/C54H62F2N8O4/c1-36(62-27-21-41(22-28-62)53(67)57-35-38-8-7-9-42(55)32-38)43-16-15-39(44-10-3-4-11-45(43)44)14-13-37-17-25-61(26-18-37)24-6-5-12-51(66)63-29-19-40(20-30-63)46-34-49-47(33-48(46)56)52(59-60(49)2)64-31-23-50(65)58-54(64)68/h3-4,7-11,15-16,32-34,36-37,40-41H,5-6,12,17-31,35H2,1-2H3,(H,57,67)(H,58,65,68). The second-order valence-electron chi connectivity index (χ2n) is 19.2. The fraction of sp³-hybridized carbons (Fsp3) is 0.463. The Kier molecular flexibility index (Phi) is 14.5. The van der Waals surface area contributed by atoms with E-state index in [1.165, 1.54) is 39.4 Å². The van der Waals surface area contributed by atoms with Gasteiger partial charge >= 0.3 is 6.03 Å². The van der Waals surface area contributed by atoms with E-state index in [1.807, 2.05) is 17.0 Å². The van der Waals surface area contributed by atoms with Crippen LogP contribution in [0.1, 0.15) is 105 Å². The second kappa shape index (κ2) is 21.0. The average Bonchev–Trinajstić information content (AvgIpc) is 3.67. The Morgan fingerprint density at radius 2 is 1.60 bits per heavy atom. The molecule has 4 saturated heterocycles. The molecule has 1 aromatic heterocycles. The fourth-order valence-electron chi connectivity index (χ4n) is 10.8. The van der Waals surface area contributed by atoms with E-state index in [-0.39, 0.29) is 60.2 Å². The monoisotopic (exact) mass is 924 g/mol. The van der Waals surface area contributed by atoms with E-state index in [9.17, 15) is 23.6 Å². The van der Waals surface area contributed by atoms with Crippen LogP contribution in [0.3, 0.4) is 0 Å². The molecule has 4 aromatic carbocycles. The third kappa shape index (κ3) is 10.6. The lowest BCUT2D eigenvalue weighted by Crippen LogP contribution is -2.49. The number of benzene rings is 4. The molecule has 1 unspecified atom stereocenters. The first-order chi connectivity index (χ1) is 33.0. The number of anilines is 1. The van der Waals surface area contributed by atoms with Gasteiger partial charge in [0.25, 0.3) is 0 Å². The normalized spacial score (nSPS) is 18.7. The molecule has 12 nitrogen and oxygen atoms in total.